The van der Waals surface area contributed by atoms with Gasteiger partial charge in [0.25, 0.3) is 0 Å². The number of allylic oxidation sites excluding steroid dienone is 4. The molecule has 0 bridgehead atoms. The Morgan fingerprint density at radius 2 is 1.74 bits per heavy atom. The summed E-state index contributed by atoms with van der Waals surface area (Å²) in [6.07, 6.45) is 8.88. The van der Waals surface area contributed by atoms with Crippen molar-refractivity contribution in [3.8, 4) is 6.07 Å². The summed E-state index contributed by atoms with van der Waals surface area (Å²) in [5.74, 6) is 0. The number of nitriles is 1. The van der Waals surface area contributed by atoms with E-state index in [2.05, 4.69) is 96.7 Å². The van der Waals surface area contributed by atoms with Crippen LogP contribution in [-0.4, -0.2) is 25.5 Å². The van der Waals surface area contributed by atoms with Gasteiger partial charge in [0.1, 0.15) is 0 Å². The molecule has 0 aromatic heterocycles. The van der Waals surface area contributed by atoms with Gasteiger partial charge in [-0.25, -0.2) is 0 Å². The molecule has 0 aliphatic heterocycles. The van der Waals surface area contributed by atoms with Crippen LogP contribution in [0.4, 0.5) is 5.69 Å². The molecule has 0 heterocycles. The highest BCUT2D eigenvalue weighted by atomic mass is 15.1. The van der Waals surface area contributed by atoms with E-state index in [-0.39, 0.29) is 0 Å². The highest BCUT2D eigenvalue weighted by molar-refractivity contribution is 6.02. The first kappa shape index (κ1) is 19.6. The van der Waals surface area contributed by atoms with Gasteiger partial charge in [0.05, 0.1) is 12.6 Å². The molecule has 3 heteroatoms. The predicted molar refractivity (Wildman–Crippen MR) is 129 cm³/mol. The highest BCUT2D eigenvalue weighted by Gasteiger charge is 2.22. The van der Waals surface area contributed by atoms with E-state index in [0.29, 0.717) is 6.54 Å². The number of rotatable bonds is 6. The summed E-state index contributed by atoms with van der Waals surface area (Å²) >= 11 is 0. The number of hydrogen-bond donors (Lipinski definition) is 0. The molecule has 0 saturated carbocycles. The lowest BCUT2D eigenvalue weighted by Crippen LogP contribution is -2.24. The van der Waals surface area contributed by atoms with Gasteiger partial charge in [-0.05, 0) is 69.1 Å². The van der Waals surface area contributed by atoms with Crippen LogP contribution in [0.25, 0.3) is 16.3 Å². The van der Waals surface area contributed by atoms with Gasteiger partial charge in [-0.1, -0.05) is 54.6 Å². The first-order chi connectivity index (χ1) is 15.1. The second kappa shape index (κ2) is 8.06. The molecule has 3 nitrogen and oxygen atoms in total. The van der Waals surface area contributed by atoms with Crippen molar-refractivity contribution in [2.75, 3.05) is 25.5 Å². The number of hydrogen-bond acceptors (Lipinski definition) is 3. The summed E-state index contributed by atoms with van der Waals surface area (Å²) < 4.78 is 0. The molecule has 2 aliphatic rings. The molecule has 0 spiro atoms. The molecule has 0 atom stereocenters. The van der Waals surface area contributed by atoms with Crippen molar-refractivity contribution in [3.05, 3.63) is 94.6 Å². The Balaban J connectivity index is 1.47. The first-order valence-corrected chi connectivity index (χ1v) is 10.9. The lowest BCUT2D eigenvalue weighted by atomic mass is 9.80. The standard InChI is InChI=1S/C28H27N3/c1-30(2)25-13-6-20(7-14-25)18-31(17-16-29)19-24-11-10-23-9-8-21-4-3-5-22-12-15-26(24)28(23)27(21)22/h3,5-14H,4,15,17-19H2,1-2H3. The van der Waals surface area contributed by atoms with Gasteiger partial charge in [-0.2, -0.15) is 5.26 Å². The van der Waals surface area contributed by atoms with Crippen LogP contribution in [0.5, 0.6) is 0 Å². The Morgan fingerprint density at radius 3 is 2.52 bits per heavy atom. The van der Waals surface area contributed by atoms with E-state index in [0.717, 1.165) is 25.9 Å². The minimum Gasteiger partial charge on any atom is -0.378 e. The molecular formula is C28H27N3. The molecule has 154 valence electrons. The van der Waals surface area contributed by atoms with Crippen LogP contribution in [0.15, 0.2) is 66.8 Å². The summed E-state index contributed by atoms with van der Waals surface area (Å²) in [5, 5.41) is 12.2. The second-order valence-corrected chi connectivity index (χ2v) is 8.74. The van der Waals surface area contributed by atoms with Gasteiger partial charge in [0, 0.05) is 32.9 Å². The Labute approximate surface area is 184 Å². The van der Waals surface area contributed by atoms with Crippen LogP contribution < -0.4 is 4.90 Å². The smallest absolute Gasteiger partial charge is 0.0871 e. The average molecular weight is 406 g/mol. The number of benzene rings is 3. The third-order valence-corrected chi connectivity index (χ3v) is 6.47. The van der Waals surface area contributed by atoms with E-state index in [1.54, 1.807) is 0 Å². The van der Waals surface area contributed by atoms with Crippen molar-refractivity contribution in [2.45, 2.75) is 25.9 Å². The maximum absolute atomic E-state index is 9.46. The molecule has 3 aromatic carbocycles. The van der Waals surface area contributed by atoms with Gasteiger partial charge in [0.2, 0.25) is 0 Å². The van der Waals surface area contributed by atoms with Crippen molar-refractivity contribution in [2.24, 2.45) is 0 Å². The molecule has 0 N–H and O–H groups in total. The van der Waals surface area contributed by atoms with Crippen LogP contribution in [0.3, 0.4) is 0 Å². The van der Waals surface area contributed by atoms with Crippen LogP contribution in [0, 0.1) is 11.3 Å². The molecule has 0 amide bonds. The number of nitrogens with zero attached hydrogens (tertiary/aromatic N) is 3. The summed E-state index contributed by atoms with van der Waals surface area (Å²) in [4.78, 5) is 4.35. The van der Waals surface area contributed by atoms with Gasteiger partial charge >= 0.3 is 0 Å². The summed E-state index contributed by atoms with van der Waals surface area (Å²) in [5.41, 5.74) is 9.41. The van der Waals surface area contributed by atoms with Gasteiger partial charge in [-0.3, -0.25) is 4.90 Å². The van der Waals surface area contributed by atoms with E-state index in [4.69, 9.17) is 0 Å². The zero-order valence-corrected chi connectivity index (χ0v) is 18.2. The fourth-order valence-corrected chi connectivity index (χ4v) is 4.90. The second-order valence-electron chi connectivity index (χ2n) is 8.74. The largest absolute Gasteiger partial charge is 0.378 e. The fraction of sp³-hybridized carbons (Fsp3) is 0.250. The minimum absolute atomic E-state index is 0.420. The normalized spacial score (nSPS) is 13.9. The van der Waals surface area contributed by atoms with E-state index in [9.17, 15) is 5.26 Å². The van der Waals surface area contributed by atoms with Gasteiger partial charge in [-0.15, -0.1) is 0 Å². The highest BCUT2D eigenvalue weighted by Crippen LogP contribution is 2.40. The maximum atomic E-state index is 9.46. The molecule has 3 aromatic rings. The first-order valence-electron chi connectivity index (χ1n) is 10.9. The minimum atomic E-state index is 0.420. The van der Waals surface area contributed by atoms with Crippen LogP contribution in [0.1, 0.15) is 27.8 Å². The third kappa shape index (κ3) is 3.65. The predicted octanol–water partition coefficient (Wildman–Crippen LogP) is 5.48. The fourth-order valence-electron chi connectivity index (χ4n) is 4.90. The van der Waals surface area contributed by atoms with E-state index < -0.39 is 0 Å². The van der Waals surface area contributed by atoms with Crippen molar-refractivity contribution < 1.29 is 0 Å². The van der Waals surface area contributed by atoms with Crippen molar-refractivity contribution in [1.29, 1.82) is 5.26 Å². The van der Waals surface area contributed by atoms with E-state index >= 15 is 0 Å². The van der Waals surface area contributed by atoms with Crippen molar-refractivity contribution in [3.63, 3.8) is 0 Å². The van der Waals surface area contributed by atoms with Crippen LogP contribution in [-0.2, 0) is 25.9 Å². The molecule has 0 radical (unpaired) electrons. The lowest BCUT2D eigenvalue weighted by molar-refractivity contribution is 0.289. The lowest BCUT2D eigenvalue weighted by Gasteiger charge is -2.27. The zero-order chi connectivity index (χ0) is 21.4. The number of anilines is 1. The molecule has 5 rings (SSSR count). The summed E-state index contributed by atoms with van der Waals surface area (Å²) in [6.45, 7) is 1.98. The van der Waals surface area contributed by atoms with Crippen molar-refractivity contribution in [1.82, 2.24) is 4.90 Å². The Bertz CT molecular complexity index is 1240. The maximum Gasteiger partial charge on any atom is 0.0871 e. The molecule has 0 saturated heterocycles. The quantitative estimate of drug-likeness (QED) is 0.509. The van der Waals surface area contributed by atoms with Crippen molar-refractivity contribution >= 4 is 22.0 Å². The van der Waals surface area contributed by atoms with E-state index in [1.807, 2.05) is 0 Å². The molecule has 2 aliphatic carbocycles. The zero-order valence-electron chi connectivity index (χ0n) is 18.2. The third-order valence-electron chi connectivity index (χ3n) is 6.47. The van der Waals surface area contributed by atoms with Gasteiger partial charge in [0.15, 0.2) is 0 Å². The van der Waals surface area contributed by atoms with Crippen LogP contribution >= 0.6 is 0 Å². The summed E-state index contributed by atoms with van der Waals surface area (Å²) in [7, 11) is 4.10. The topological polar surface area (TPSA) is 30.3 Å². The van der Waals surface area contributed by atoms with E-state index in [1.165, 1.54) is 49.9 Å². The molecular weight excluding hydrogens is 378 g/mol. The Kier molecular flexibility index (Phi) is 5.10. The molecule has 0 unspecified atom stereocenters. The molecule has 0 fully saturated rings. The molecule has 31 heavy (non-hydrogen) atoms. The summed E-state index contributed by atoms with van der Waals surface area (Å²) in [6, 6.07) is 20.1. The average Bonchev–Trinajstić information content (AvgIpc) is 2.79. The Morgan fingerprint density at radius 1 is 0.935 bits per heavy atom. The SMILES string of the molecule is CN(C)c1ccc(CN(CC#N)Cc2ccc3ccc4c5c3c2CC=C5C=CC4)cc1. The Hall–Kier alpha value is -3.35. The van der Waals surface area contributed by atoms with Gasteiger partial charge < -0.3 is 4.90 Å². The monoisotopic (exact) mass is 405 g/mol. The van der Waals surface area contributed by atoms with Crippen LogP contribution in [0.2, 0.25) is 0 Å².